The average Bonchev–Trinajstić information content (AvgIpc) is 2.49. The molecular formula is C16H22N2O2. The van der Waals surface area contributed by atoms with Gasteiger partial charge in [0.15, 0.2) is 0 Å². The third kappa shape index (κ3) is 2.42. The van der Waals surface area contributed by atoms with Crippen LogP contribution in [-0.4, -0.2) is 28.8 Å². The second-order valence-electron chi connectivity index (χ2n) is 5.36. The van der Waals surface area contributed by atoms with E-state index in [0.29, 0.717) is 12.8 Å². The Bertz CT molecular complexity index is 494. The molecule has 1 fully saturated rings. The van der Waals surface area contributed by atoms with Gasteiger partial charge in [-0.05, 0) is 25.3 Å². The van der Waals surface area contributed by atoms with Gasteiger partial charge in [0.2, 0.25) is 11.8 Å². The number of benzene rings is 1. The zero-order valence-corrected chi connectivity index (χ0v) is 12.3. The maximum Gasteiger partial charge on any atom is 0.249 e. The van der Waals surface area contributed by atoms with Crippen LogP contribution in [0, 0.1) is 0 Å². The summed E-state index contributed by atoms with van der Waals surface area (Å²) in [6, 6.07) is 9.74. The second-order valence-corrected chi connectivity index (χ2v) is 5.36. The lowest BCUT2D eigenvalue weighted by Crippen LogP contribution is -2.66. The monoisotopic (exact) mass is 274 g/mol. The van der Waals surface area contributed by atoms with Gasteiger partial charge in [0.1, 0.15) is 12.1 Å². The number of hydrogen-bond donors (Lipinski definition) is 1. The van der Waals surface area contributed by atoms with Gasteiger partial charge >= 0.3 is 0 Å². The van der Waals surface area contributed by atoms with Crippen molar-refractivity contribution in [3.63, 3.8) is 0 Å². The Morgan fingerprint density at radius 2 is 1.80 bits per heavy atom. The van der Waals surface area contributed by atoms with Crippen LogP contribution in [0.1, 0.15) is 45.2 Å². The third-order valence-electron chi connectivity index (χ3n) is 4.32. The minimum atomic E-state index is -0.738. The molecule has 1 aromatic carbocycles. The summed E-state index contributed by atoms with van der Waals surface area (Å²) in [6.07, 6.45) is 1.23. The number of hydrogen-bond acceptors (Lipinski definition) is 2. The summed E-state index contributed by atoms with van der Waals surface area (Å²) in [7, 11) is 0. The van der Waals surface area contributed by atoms with E-state index in [4.69, 9.17) is 0 Å². The van der Waals surface area contributed by atoms with Crippen molar-refractivity contribution in [2.75, 3.05) is 6.54 Å². The van der Waals surface area contributed by atoms with Crippen LogP contribution in [-0.2, 0) is 9.59 Å². The first-order valence-corrected chi connectivity index (χ1v) is 7.21. The van der Waals surface area contributed by atoms with Crippen molar-refractivity contribution in [1.29, 1.82) is 0 Å². The van der Waals surface area contributed by atoms with E-state index in [1.807, 2.05) is 51.1 Å². The van der Waals surface area contributed by atoms with Crippen molar-refractivity contribution in [3.05, 3.63) is 35.9 Å². The zero-order chi connectivity index (χ0) is 14.8. The van der Waals surface area contributed by atoms with Gasteiger partial charge in [-0.3, -0.25) is 9.59 Å². The van der Waals surface area contributed by atoms with Crippen molar-refractivity contribution in [1.82, 2.24) is 10.2 Å². The van der Waals surface area contributed by atoms with E-state index in [1.165, 1.54) is 0 Å². The smallest absolute Gasteiger partial charge is 0.249 e. The van der Waals surface area contributed by atoms with Crippen LogP contribution in [0.2, 0.25) is 0 Å². The summed E-state index contributed by atoms with van der Waals surface area (Å²) in [4.78, 5) is 26.5. The first-order chi connectivity index (χ1) is 9.54. The van der Waals surface area contributed by atoms with Crippen molar-refractivity contribution in [2.24, 2.45) is 0 Å². The Morgan fingerprint density at radius 3 is 2.35 bits per heavy atom. The molecule has 0 aliphatic carbocycles. The number of rotatable bonds is 4. The standard InChI is InChI=1S/C16H22N2O2/c1-4-16(5-2)15(20)18(11-14(19)17-16)12(3)13-9-7-6-8-10-13/h6-10,12H,4-5,11H2,1-3H3,(H,17,19). The largest absolute Gasteiger partial charge is 0.340 e. The lowest BCUT2D eigenvalue weighted by molar-refractivity contribution is -0.152. The Kier molecular flexibility index (Phi) is 4.12. The minimum absolute atomic E-state index is 0.0263. The molecule has 1 unspecified atom stereocenters. The lowest BCUT2D eigenvalue weighted by atomic mass is 9.87. The number of nitrogens with one attached hydrogen (secondary N) is 1. The van der Waals surface area contributed by atoms with Gasteiger partial charge in [-0.15, -0.1) is 0 Å². The molecule has 2 amide bonds. The molecule has 1 N–H and O–H groups in total. The number of carbonyl (C=O) groups excluding carboxylic acids is 2. The average molecular weight is 274 g/mol. The zero-order valence-electron chi connectivity index (χ0n) is 12.3. The highest BCUT2D eigenvalue weighted by molar-refractivity contribution is 5.98. The first kappa shape index (κ1) is 14.6. The minimum Gasteiger partial charge on any atom is -0.340 e. The molecule has 1 aliphatic heterocycles. The van der Waals surface area contributed by atoms with E-state index in [1.54, 1.807) is 4.90 Å². The lowest BCUT2D eigenvalue weighted by Gasteiger charge is -2.43. The van der Waals surface area contributed by atoms with Crippen molar-refractivity contribution < 1.29 is 9.59 Å². The maximum atomic E-state index is 12.8. The molecule has 1 aliphatic rings. The number of amides is 2. The van der Waals surface area contributed by atoms with Gasteiger partial charge in [-0.2, -0.15) is 0 Å². The summed E-state index contributed by atoms with van der Waals surface area (Å²) in [5.41, 5.74) is 0.315. The molecule has 108 valence electrons. The molecule has 0 bridgehead atoms. The molecule has 0 radical (unpaired) electrons. The molecule has 1 aromatic rings. The topological polar surface area (TPSA) is 49.4 Å². The highest BCUT2D eigenvalue weighted by atomic mass is 16.2. The fourth-order valence-corrected chi connectivity index (χ4v) is 2.81. The highest BCUT2D eigenvalue weighted by Crippen LogP contribution is 2.28. The van der Waals surface area contributed by atoms with Crippen molar-refractivity contribution >= 4 is 11.8 Å². The molecule has 4 heteroatoms. The molecule has 1 heterocycles. The predicted octanol–water partition coefficient (Wildman–Crippen LogP) is 2.26. The van der Waals surface area contributed by atoms with Gasteiger partial charge in [-0.1, -0.05) is 44.2 Å². The normalized spacial score (nSPS) is 19.6. The molecule has 0 aromatic heterocycles. The molecule has 0 spiro atoms. The van der Waals surface area contributed by atoms with Gasteiger partial charge in [0.05, 0.1) is 6.04 Å². The number of piperazine rings is 1. The van der Waals surface area contributed by atoms with Gasteiger partial charge in [0, 0.05) is 0 Å². The van der Waals surface area contributed by atoms with E-state index in [0.717, 1.165) is 5.56 Å². The molecular weight excluding hydrogens is 252 g/mol. The predicted molar refractivity (Wildman–Crippen MR) is 78.0 cm³/mol. The Balaban J connectivity index is 2.31. The summed E-state index contributed by atoms with van der Waals surface area (Å²) >= 11 is 0. The van der Waals surface area contributed by atoms with Crippen LogP contribution in [0.5, 0.6) is 0 Å². The first-order valence-electron chi connectivity index (χ1n) is 7.21. The fraction of sp³-hybridized carbons (Fsp3) is 0.500. The summed E-state index contributed by atoms with van der Waals surface area (Å²) in [5, 5.41) is 2.89. The fourth-order valence-electron chi connectivity index (χ4n) is 2.81. The summed E-state index contributed by atoms with van der Waals surface area (Å²) in [6.45, 7) is 6.00. The van der Waals surface area contributed by atoms with Gasteiger partial charge in [0.25, 0.3) is 0 Å². The molecule has 2 rings (SSSR count). The third-order valence-corrected chi connectivity index (χ3v) is 4.32. The molecule has 0 saturated carbocycles. The van der Waals surface area contributed by atoms with Crippen LogP contribution in [0.15, 0.2) is 30.3 Å². The molecule has 4 nitrogen and oxygen atoms in total. The highest BCUT2D eigenvalue weighted by Gasteiger charge is 2.45. The summed E-state index contributed by atoms with van der Waals surface area (Å²) in [5.74, 6) is -0.0467. The number of carbonyl (C=O) groups is 2. The van der Waals surface area contributed by atoms with E-state index in [2.05, 4.69) is 5.32 Å². The summed E-state index contributed by atoms with van der Waals surface area (Å²) < 4.78 is 0. The molecule has 1 saturated heterocycles. The van der Waals surface area contributed by atoms with Crippen LogP contribution in [0.25, 0.3) is 0 Å². The van der Waals surface area contributed by atoms with E-state index < -0.39 is 5.54 Å². The van der Waals surface area contributed by atoms with Crippen molar-refractivity contribution in [3.8, 4) is 0 Å². The second kappa shape index (κ2) is 5.65. The van der Waals surface area contributed by atoms with E-state index in [-0.39, 0.29) is 24.4 Å². The van der Waals surface area contributed by atoms with Gasteiger partial charge < -0.3 is 10.2 Å². The van der Waals surface area contributed by atoms with Crippen LogP contribution >= 0.6 is 0 Å². The molecule has 1 atom stereocenters. The van der Waals surface area contributed by atoms with Crippen LogP contribution in [0.4, 0.5) is 0 Å². The molecule has 20 heavy (non-hydrogen) atoms. The Morgan fingerprint density at radius 1 is 1.20 bits per heavy atom. The van der Waals surface area contributed by atoms with Crippen LogP contribution < -0.4 is 5.32 Å². The van der Waals surface area contributed by atoms with Crippen molar-refractivity contribution in [2.45, 2.75) is 45.2 Å². The van der Waals surface area contributed by atoms with Crippen LogP contribution in [0.3, 0.4) is 0 Å². The van der Waals surface area contributed by atoms with E-state index >= 15 is 0 Å². The SMILES string of the molecule is CCC1(CC)NC(=O)CN(C(C)c2ccccc2)C1=O. The van der Waals surface area contributed by atoms with E-state index in [9.17, 15) is 9.59 Å². The Hall–Kier alpha value is -1.84. The number of nitrogens with zero attached hydrogens (tertiary/aromatic N) is 1. The van der Waals surface area contributed by atoms with Gasteiger partial charge in [-0.25, -0.2) is 0 Å². The Labute approximate surface area is 120 Å². The maximum absolute atomic E-state index is 12.8. The quantitative estimate of drug-likeness (QED) is 0.915.